The molecule has 0 saturated carbocycles. The van der Waals surface area contributed by atoms with E-state index in [-0.39, 0.29) is 17.9 Å². The molecule has 1 N–H and O–H groups in total. The Morgan fingerprint density at radius 1 is 1.40 bits per heavy atom. The summed E-state index contributed by atoms with van der Waals surface area (Å²) in [6, 6.07) is -0.175. The molecule has 86 valence electrons. The number of carboxylic acids is 1. The number of amides is 1. The van der Waals surface area contributed by atoms with Crippen molar-refractivity contribution >= 4 is 11.9 Å². The van der Waals surface area contributed by atoms with Gasteiger partial charge in [0.15, 0.2) is 0 Å². The zero-order chi connectivity index (χ0) is 11.6. The van der Waals surface area contributed by atoms with E-state index in [1.165, 1.54) is 0 Å². The molecule has 0 aromatic rings. The van der Waals surface area contributed by atoms with Crippen LogP contribution in [0.5, 0.6) is 0 Å². The highest BCUT2D eigenvalue weighted by atomic mass is 16.4. The van der Waals surface area contributed by atoms with Crippen LogP contribution in [0.1, 0.15) is 33.6 Å². The summed E-state index contributed by atoms with van der Waals surface area (Å²) in [6.45, 7) is 6.22. The third-order valence-electron chi connectivity index (χ3n) is 3.08. The molecule has 1 aliphatic rings. The highest BCUT2D eigenvalue weighted by Crippen LogP contribution is 2.24. The van der Waals surface area contributed by atoms with Crippen LogP contribution in [0, 0.1) is 11.8 Å². The van der Waals surface area contributed by atoms with Crippen molar-refractivity contribution < 1.29 is 14.7 Å². The number of carboxylic acid groups (broad SMARTS) is 1. The Balaban J connectivity index is 2.74. The molecule has 0 aromatic heterocycles. The van der Waals surface area contributed by atoms with Crippen molar-refractivity contribution in [2.45, 2.75) is 39.7 Å². The van der Waals surface area contributed by atoms with E-state index in [1.807, 2.05) is 20.8 Å². The Bertz CT molecular complexity index is 263. The third kappa shape index (κ3) is 2.49. The van der Waals surface area contributed by atoms with Crippen LogP contribution < -0.4 is 0 Å². The Hall–Kier alpha value is -1.06. The summed E-state index contributed by atoms with van der Waals surface area (Å²) in [7, 11) is 0. The maximum Gasteiger partial charge on any atom is 0.308 e. The zero-order valence-corrected chi connectivity index (χ0v) is 9.56. The molecule has 0 aromatic carbocycles. The number of hydrogen-bond donors (Lipinski definition) is 1. The van der Waals surface area contributed by atoms with E-state index >= 15 is 0 Å². The van der Waals surface area contributed by atoms with E-state index in [1.54, 1.807) is 4.90 Å². The SMILES string of the molecule is CC(C)C(=O)N1CCCC(C(=O)O)C1C. The fourth-order valence-corrected chi connectivity index (χ4v) is 2.12. The van der Waals surface area contributed by atoms with Crippen molar-refractivity contribution in [3.05, 3.63) is 0 Å². The molecule has 4 heteroatoms. The molecule has 2 atom stereocenters. The average molecular weight is 213 g/mol. The van der Waals surface area contributed by atoms with Gasteiger partial charge in [-0.25, -0.2) is 0 Å². The van der Waals surface area contributed by atoms with Gasteiger partial charge >= 0.3 is 5.97 Å². The summed E-state index contributed by atoms with van der Waals surface area (Å²) in [5.74, 6) is -1.18. The van der Waals surface area contributed by atoms with Gasteiger partial charge in [0.1, 0.15) is 0 Å². The molecule has 4 nitrogen and oxygen atoms in total. The molecule has 0 bridgehead atoms. The fourth-order valence-electron chi connectivity index (χ4n) is 2.12. The summed E-state index contributed by atoms with van der Waals surface area (Å²) in [5, 5.41) is 9.01. The molecule has 0 aliphatic carbocycles. The number of hydrogen-bond acceptors (Lipinski definition) is 2. The minimum absolute atomic E-state index is 0.0556. The Morgan fingerprint density at radius 2 is 2.00 bits per heavy atom. The lowest BCUT2D eigenvalue weighted by Gasteiger charge is -2.38. The first kappa shape index (κ1) is 12.0. The van der Waals surface area contributed by atoms with Crippen molar-refractivity contribution in [3.63, 3.8) is 0 Å². The number of carbonyl (C=O) groups excluding carboxylic acids is 1. The topological polar surface area (TPSA) is 57.6 Å². The summed E-state index contributed by atoms with van der Waals surface area (Å²) in [4.78, 5) is 24.5. The van der Waals surface area contributed by atoms with Gasteiger partial charge in [0.05, 0.1) is 5.92 Å². The number of likely N-dealkylation sites (tertiary alicyclic amines) is 1. The quantitative estimate of drug-likeness (QED) is 0.753. The summed E-state index contributed by atoms with van der Waals surface area (Å²) in [5.41, 5.74) is 0. The van der Waals surface area contributed by atoms with Crippen molar-refractivity contribution in [2.24, 2.45) is 11.8 Å². The fraction of sp³-hybridized carbons (Fsp3) is 0.818. The maximum absolute atomic E-state index is 11.8. The van der Waals surface area contributed by atoms with Crippen LogP contribution in [0.25, 0.3) is 0 Å². The van der Waals surface area contributed by atoms with Gasteiger partial charge < -0.3 is 10.0 Å². The Kier molecular flexibility index (Phi) is 3.72. The average Bonchev–Trinajstić information content (AvgIpc) is 2.16. The summed E-state index contributed by atoms with van der Waals surface area (Å²) >= 11 is 0. The molecular weight excluding hydrogens is 194 g/mol. The van der Waals surface area contributed by atoms with Crippen LogP contribution in [0.2, 0.25) is 0 Å². The molecular formula is C11H19NO3. The standard InChI is InChI=1S/C11H19NO3/c1-7(2)10(13)12-6-4-5-9(8(12)3)11(14)15/h7-9H,4-6H2,1-3H3,(H,14,15). The van der Waals surface area contributed by atoms with Gasteiger partial charge in [0, 0.05) is 18.5 Å². The van der Waals surface area contributed by atoms with Gasteiger partial charge in [-0.3, -0.25) is 9.59 Å². The Labute approximate surface area is 90.3 Å². The molecule has 15 heavy (non-hydrogen) atoms. The van der Waals surface area contributed by atoms with Crippen molar-refractivity contribution in [3.8, 4) is 0 Å². The number of carbonyl (C=O) groups is 2. The monoisotopic (exact) mass is 213 g/mol. The first-order valence-electron chi connectivity index (χ1n) is 5.48. The normalized spacial score (nSPS) is 26.8. The van der Waals surface area contributed by atoms with E-state index in [0.29, 0.717) is 13.0 Å². The van der Waals surface area contributed by atoms with E-state index in [9.17, 15) is 9.59 Å². The molecule has 1 rings (SSSR count). The van der Waals surface area contributed by atoms with Crippen LogP contribution in [-0.4, -0.2) is 34.5 Å². The lowest BCUT2D eigenvalue weighted by molar-refractivity contribution is -0.150. The Morgan fingerprint density at radius 3 is 2.47 bits per heavy atom. The van der Waals surface area contributed by atoms with E-state index in [2.05, 4.69) is 0 Å². The summed E-state index contributed by atoms with van der Waals surface area (Å²) in [6.07, 6.45) is 1.47. The van der Waals surface area contributed by atoms with Crippen molar-refractivity contribution in [1.82, 2.24) is 4.90 Å². The predicted molar refractivity (Wildman–Crippen MR) is 56.4 cm³/mol. The van der Waals surface area contributed by atoms with Crippen LogP contribution in [0.15, 0.2) is 0 Å². The van der Waals surface area contributed by atoms with Crippen LogP contribution in [0.4, 0.5) is 0 Å². The van der Waals surface area contributed by atoms with Gasteiger partial charge in [-0.15, -0.1) is 0 Å². The van der Waals surface area contributed by atoms with Crippen LogP contribution in [0.3, 0.4) is 0 Å². The van der Waals surface area contributed by atoms with Gasteiger partial charge in [0.2, 0.25) is 5.91 Å². The lowest BCUT2D eigenvalue weighted by Crippen LogP contribution is -2.50. The van der Waals surface area contributed by atoms with E-state index < -0.39 is 11.9 Å². The second kappa shape index (κ2) is 4.64. The highest BCUT2D eigenvalue weighted by molar-refractivity contribution is 5.80. The third-order valence-corrected chi connectivity index (χ3v) is 3.08. The van der Waals surface area contributed by atoms with Gasteiger partial charge in [-0.2, -0.15) is 0 Å². The molecule has 2 unspecified atom stereocenters. The highest BCUT2D eigenvalue weighted by Gasteiger charge is 2.35. The minimum atomic E-state index is -0.788. The van der Waals surface area contributed by atoms with Crippen LogP contribution in [-0.2, 0) is 9.59 Å². The second-order valence-corrected chi connectivity index (χ2v) is 4.51. The number of nitrogens with zero attached hydrogens (tertiary/aromatic N) is 1. The van der Waals surface area contributed by atoms with Crippen LogP contribution >= 0.6 is 0 Å². The lowest BCUT2D eigenvalue weighted by atomic mass is 9.89. The molecule has 1 aliphatic heterocycles. The molecule has 0 radical (unpaired) electrons. The second-order valence-electron chi connectivity index (χ2n) is 4.51. The van der Waals surface area contributed by atoms with E-state index in [0.717, 1.165) is 6.42 Å². The van der Waals surface area contributed by atoms with Gasteiger partial charge in [-0.05, 0) is 19.8 Å². The minimum Gasteiger partial charge on any atom is -0.481 e. The first-order valence-corrected chi connectivity index (χ1v) is 5.48. The predicted octanol–water partition coefficient (Wildman–Crippen LogP) is 1.35. The molecule has 1 saturated heterocycles. The number of aliphatic carboxylic acids is 1. The summed E-state index contributed by atoms with van der Waals surface area (Å²) < 4.78 is 0. The molecule has 1 amide bonds. The van der Waals surface area contributed by atoms with E-state index in [4.69, 9.17) is 5.11 Å². The maximum atomic E-state index is 11.8. The number of rotatable bonds is 2. The molecule has 1 heterocycles. The smallest absolute Gasteiger partial charge is 0.308 e. The molecule has 1 fully saturated rings. The largest absolute Gasteiger partial charge is 0.481 e. The van der Waals surface area contributed by atoms with Gasteiger partial charge in [0.25, 0.3) is 0 Å². The van der Waals surface area contributed by atoms with Crippen molar-refractivity contribution in [1.29, 1.82) is 0 Å². The van der Waals surface area contributed by atoms with Gasteiger partial charge in [-0.1, -0.05) is 13.8 Å². The molecule has 0 spiro atoms. The first-order chi connectivity index (χ1) is 6.95. The number of piperidine rings is 1. The van der Waals surface area contributed by atoms with Crippen molar-refractivity contribution in [2.75, 3.05) is 6.54 Å². The zero-order valence-electron chi connectivity index (χ0n) is 9.56.